The molecule has 1 heterocycles. The number of thiazole rings is 1. The van der Waals surface area contributed by atoms with Gasteiger partial charge in [-0.05, 0) is 18.2 Å². The third-order valence-electron chi connectivity index (χ3n) is 2.46. The summed E-state index contributed by atoms with van der Waals surface area (Å²) >= 11 is 1.43. The van der Waals surface area contributed by atoms with Gasteiger partial charge in [0.2, 0.25) is 0 Å². The van der Waals surface area contributed by atoms with Crippen molar-refractivity contribution >= 4 is 17.2 Å². The van der Waals surface area contributed by atoms with Gasteiger partial charge in [-0.15, -0.1) is 11.3 Å². The fourth-order valence-electron chi connectivity index (χ4n) is 1.52. The van der Waals surface area contributed by atoms with E-state index in [0.29, 0.717) is 12.1 Å². The molecule has 0 aliphatic carbocycles. The van der Waals surface area contributed by atoms with Gasteiger partial charge in [-0.3, -0.25) is 9.78 Å². The molecule has 1 aromatic carbocycles. The molecule has 102 valence electrons. The first-order valence-corrected chi connectivity index (χ1v) is 6.72. The Morgan fingerprint density at radius 2 is 2.35 bits per heavy atom. The molecule has 0 aliphatic heterocycles. The van der Waals surface area contributed by atoms with Crippen LogP contribution >= 0.6 is 11.3 Å². The predicted molar refractivity (Wildman–Crippen MR) is 75.6 cm³/mol. The van der Waals surface area contributed by atoms with E-state index in [1.807, 2.05) is 0 Å². The highest BCUT2D eigenvalue weighted by Gasteiger charge is 2.11. The van der Waals surface area contributed by atoms with Crippen molar-refractivity contribution in [2.24, 2.45) is 5.73 Å². The lowest BCUT2D eigenvalue weighted by Crippen LogP contribution is -2.23. The maximum Gasteiger partial charge on any atom is 0.254 e. The normalized spacial score (nSPS) is 9.70. The van der Waals surface area contributed by atoms with E-state index in [2.05, 4.69) is 22.1 Å². The molecule has 0 fully saturated rings. The summed E-state index contributed by atoms with van der Waals surface area (Å²) < 4.78 is 13.8. The molecular formula is C14H12FN3OS. The Kier molecular flexibility index (Phi) is 4.82. The number of halogens is 1. The number of nitrogens with two attached hydrogens (primary N) is 1. The number of carbonyl (C=O) groups excluding carboxylic acids is 1. The van der Waals surface area contributed by atoms with Crippen LogP contribution in [0.5, 0.6) is 0 Å². The van der Waals surface area contributed by atoms with Crippen LogP contribution in [0.15, 0.2) is 29.9 Å². The van der Waals surface area contributed by atoms with Gasteiger partial charge in [-0.25, -0.2) is 4.39 Å². The molecule has 2 rings (SSSR count). The highest BCUT2D eigenvalue weighted by atomic mass is 32.1. The number of rotatable bonds is 3. The first-order valence-electron chi connectivity index (χ1n) is 5.84. The quantitative estimate of drug-likeness (QED) is 0.842. The molecule has 6 heteroatoms. The van der Waals surface area contributed by atoms with Crippen LogP contribution in [0, 0.1) is 17.7 Å². The van der Waals surface area contributed by atoms with Crippen LogP contribution < -0.4 is 11.1 Å². The first-order chi connectivity index (χ1) is 9.70. The molecule has 4 nitrogen and oxygen atoms in total. The highest BCUT2D eigenvalue weighted by molar-refractivity contribution is 7.09. The Balaban J connectivity index is 2.06. The van der Waals surface area contributed by atoms with Crippen LogP contribution in [-0.4, -0.2) is 17.4 Å². The Morgan fingerprint density at radius 3 is 3.00 bits per heavy atom. The van der Waals surface area contributed by atoms with Crippen molar-refractivity contribution in [2.45, 2.75) is 6.54 Å². The zero-order chi connectivity index (χ0) is 14.4. The van der Waals surface area contributed by atoms with Crippen molar-refractivity contribution in [1.82, 2.24) is 10.3 Å². The topological polar surface area (TPSA) is 68.0 Å². The number of carbonyl (C=O) groups is 1. The summed E-state index contributed by atoms with van der Waals surface area (Å²) in [5, 5.41) is 2.64. The number of hydrogen-bond acceptors (Lipinski definition) is 4. The Labute approximate surface area is 119 Å². The van der Waals surface area contributed by atoms with Gasteiger partial charge in [-0.2, -0.15) is 0 Å². The molecule has 0 radical (unpaired) electrons. The van der Waals surface area contributed by atoms with E-state index in [9.17, 15) is 9.18 Å². The van der Waals surface area contributed by atoms with E-state index >= 15 is 0 Å². The van der Waals surface area contributed by atoms with Gasteiger partial charge in [0, 0.05) is 16.6 Å². The van der Waals surface area contributed by atoms with E-state index in [1.165, 1.54) is 23.5 Å². The van der Waals surface area contributed by atoms with Gasteiger partial charge in [0.15, 0.2) is 0 Å². The number of amides is 1. The van der Waals surface area contributed by atoms with E-state index in [-0.39, 0.29) is 12.1 Å². The highest BCUT2D eigenvalue weighted by Crippen LogP contribution is 2.11. The summed E-state index contributed by atoms with van der Waals surface area (Å²) in [5.41, 5.74) is 7.40. The summed E-state index contributed by atoms with van der Waals surface area (Å²) in [5.74, 6) is 4.28. The van der Waals surface area contributed by atoms with Crippen molar-refractivity contribution in [3.05, 3.63) is 51.7 Å². The predicted octanol–water partition coefficient (Wildman–Crippen LogP) is 1.52. The molecule has 20 heavy (non-hydrogen) atoms. The molecule has 0 unspecified atom stereocenters. The Hall–Kier alpha value is -2.23. The minimum atomic E-state index is -0.601. The van der Waals surface area contributed by atoms with Gasteiger partial charge < -0.3 is 11.1 Å². The molecule has 0 spiro atoms. The maximum atomic E-state index is 13.8. The number of nitrogens with one attached hydrogen (secondary N) is 1. The van der Waals surface area contributed by atoms with Gasteiger partial charge in [0.1, 0.15) is 5.82 Å². The van der Waals surface area contributed by atoms with Gasteiger partial charge >= 0.3 is 0 Å². The molecule has 0 aliphatic rings. The maximum absolute atomic E-state index is 13.8. The molecule has 1 aromatic heterocycles. The molecule has 0 saturated carbocycles. The summed E-state index contributed by atoms with van der Waals surface area (Å²) in [6.45, 7) is 0.538. The number of benzene rings is 1. The Bertz CT molecular complexity index is 659. The number of hydrogen-bond donors (Lipinski definition) is 2. The van der Waals surface area contributed by atoms with Crippen LogP contribution in [-0.2, 0) is 6.54 Å². The standard InChI is InChI=1S/C14H12FN3OS/c15-13-6-10(2-1-5-16)3-4-12(13)14(19)18-8-11-7-17-9-20-11/h3-4,6-7,9H,5,8,16H2,(H,18,19). The minimum Gasteiger partial charge on any atom is -0.347 e. The van der Waals surface area contributed by atoms with E-state index in [4.69, 9.17) is 5.73 Å². The van der Waals surface area contributed by atoms with E-state index in [1.54, 1.807) is 17.8 Å². The van der Waals surface area contributed by atoms with E-state index < -0.39 is 11.7 Å². The smallest absolute Gasteiger partial charge is 0.254 e. The lowest BCUT2D eigenvalue weighted by atomic mass is 10.1. The van der Waals surface area contributed by atoms with Crippen molar-refractivity contribution < 1.29 is 9.18 Å². The summed E-state index contributed by atoms with van der Waals surface area (Å²) in [4.78, 5) is 16.7. The molecular weight excluding hydrogens is 277 g/mol. The third kappa shape index (κ3) is 3.63. The van der Waals surface area contributed by atoms with Crippen molar-refractivity contribution in [1.29, 1.82) is 0 Å². The number of aromatic nitrogens is 1. The average Bonchev–Trinajstić information content (AvgIpc) is 2.96. The summed E-state index contributed by atoms with van der Waals surface area (Å²) in [7, 11) is 0. The fraction of sp³-hybridized carbons (Fsp3) is 0.143. The molecule has 0 bridgehead atoms. The molecule has 1 amide bonds. The van der Waals surface area contributed by atoms with Crippen molar-refractivity contribution in [3.8, 4) is 11.8 Å². The molecule has 0 saturated heterocycles. The molecule has 0 atom stereocenters. The van der Waals surface area contributed by atoms with Gasteiger partial charge in [0.05, 0.1) is 24.2 Å². The zero-order valence-electron chi connectivity index (χ0n) is 10.5. The number of nitrogens with zero attached hydrogens (tertiary/aromatic N) is 1. The van der Waals surface area contributed by atoms with Crippen LogP contribution in [0.2, 0.25) is 0 Å². The zero-order valence-corrected chi connectivity index (χ0v) is 11.3. The monoisotopic (exact) mass is 289 g/mol. The second-order valence-corrected chi connectivity index (χ2v) is 4.82. The van der Waals surface area contributed by atoms with Crippen LogP contribution in [0.4, 0.5) is 4.39 Å². The SMILES string of the molecule is NCC#Cc1ccc(C(=O)NCc2cncs2)c(F)c1. The largest absolute Gasteiger partial charge is 0.347 e. The molecule has 2 aromatic rings. The average molecular weight is 289 g/mol. The summed E-state index contributed by atoms with van der Waals surface area (Å²) in [6.07, 6.45) is 1.66. The van der Waals surface area contributed by atoms with E-state index in [0.717, 1.165) is 4.88 Å². The molecule has 3 N–H and O–H groups in total. The Morgan fingerprint density at radius 1 is 1.50 bits per heavy atom. The van der Waals surface area contributed by atoms with Crippen LogP contribution in [0.1, 0.15) is 20.8 Å². The second-order valence-electron chi connectivity index (χ2n) is 3.85. The van der Waals surface area contributed by atoms with Crippen molar-refractivity contribution in [3.63, 3.8) is 0 Å². The third-order valence-corrected chi connectivity index (χ3v) is 3.23. The fourth-order valence-corrected chi connectivity index (χ4v) is 2.06. The summed E-state index contributed by atoms with van der Waals surface area (Å²) in [6, 6.07) is 4.23. The second kappa shape index (κ2) is 6.80. The minimum absolute atomic E-state index is 0.00665. The van der Waals surface area contributed by atoms with Crippen molar-refractivity contribution in [2.75, 3.05) is 6.54 Å². The first kappa shape index (κ1) is 14.2. The van der Waals surface area contributed by atoms with Gasteiger partial charge in [-0.1, -0.05) is 11.8 Å². The lowest BCUT2D eigenvalue weighted by Gasteiger charge is -2.05. The van der Waals surface area contributed by atoms with Crippen LogP contribution in [0.25, 0.3) is 0 Å². The lowest BCUT2D eigenvalue weighted by molar-refractivity contribution is 0.0947. The van der Waals surface area contributed by atoms with Gasteiger partial charge in [0.25, 0.3) is 5.91 Å². The van der Waals surface area contributed by atoms with Crippen LogP contribution in [0.3, 0.4) is 0 Å².